The highest BCUT2D eigenvalue weighted by atomic mass is 32.2. The van der Waals surface area contributed by atoms with E-state index in [2.05, 4.69) is 9.62 Å². The normalized spacial score (nSPS) is 17.5. The summed E-state index contributed by atoms with van der Waals surface area (Å²) in [5, 5.41) is 6.91. The Morgan fingerprint density at radius 3 is 2.78 bits per heavy atom. The standard InChI is InChI=1S/C21H27N5O3S3/c1-29-18-10-4-3-9-17(18)26-20(19-11-7-13-31-19)23-25(21(26)30)15-24-12-6-5-8-16(24)14-22-32(2,27)28/h3-4,7,9-11,13,16,22H,5-6,8,12,14-15H2,1-2H3/t16-/m0/s1. The fourth-order valence-corrected chi connectivity index (χ4v) is 5.47. The molecule has 3 aromatic rings. The Bertz CT molecular complexity index is 1220. The van der Waals surface area contributed by atoms with Crippen LogP contribution in [0.3, 0.4) is 0 Å². The summed E-state index contributed by atoms with van der Waals surface area (Å²) in [5.74, 6) is 1.48. The Kier molecular flexibility index (Phi) is 7.11. The van der Waals surface area contributed by atoms with E-state index in [-0.39, 0.29) is 6.04 Å². The second kappa shape index (κ2) is 9.84. The molecule has 0 spiro atoms. The van der Waals surface area contributed by atoms with Gasteiger partial charge in [0.2, 0.25) is 14.8 Å². The number of thiophene rings is 1. The van der Waals surface area contributed by atoms with Crippen molar-refractivity contribution >= 4 is 33.6 Å². The molecule has 1 saturated heterocycles. The van der Waals surface area contributed by atoms with Gasteiger partial charge in [0.15, 0.2) is 5.82 Å². The topological polar surface area (TPSA) is 81.4 Å². The number of rotatable bonds is 8. The summed E-state index contributed by atoms with van der Waals surface area (Å²) in [6, 6.07) is 11.9. The Labute approximate surface area is 197 Å². The van der Waals surface area contributed by atoms with Gasteiger partial charge in [0.25, 0.3) is 0 Å². The molecule has 1 aromatic carbocycles. The monoisotopic (exact) mass is 493 g/mol. The third-order valence-corrected chi connectivity index (χ3v) is 7.50. The molecule has 32 heavy (non-hydrogen) atoms. The van der Waals surface area contributed by atoms with Crippen molar-refractivity contribution in [3.63, 3.8) is 0 Å². The first kappa shape index (κ1) is 23.1. The van der Waals surface area contributed by atoms with Crippen molar-refractivity contribution in [1.29, 1.82) is 0 Å². The number of nitrogens with one attached hydrogen (secondary N) is 1. The van der Waals surface area contributed by atoms with E-state index in [4.69, 9.17) is 22.1 Å². The van der Waals surface area contributed by atoms with E-state index in [1.165, 1.54) is 6.26 Å². The molecule has 0 saturated carbocycles. The van der Waals surface area contributed by atoms with Crippen LogP contribution >= 0.6 is 23.6 Å². The van der Waals surface area contributed by atoms with Gasteiger partial charge in [0.1, 0.15) is 5.75 Å². The summed E-state index contributed by atoms with van der Waals surface area (Å²) in [4.78, 5) is 3.27. The van der Waals surface area contributed by atoms with Gasteiger partial charge < -0.3 is 4.74 Å². The van der Waals surface area contributed by atoms with Gasteiger partial charge in [-0.25, -0.2) is 17.8 Å². The number of aromatic nitrogens is 3. The third kappa shape index (κ3) is 5.12. The largest absolute Gasteiger partial charge is 0.495 e. The molecule has 1 fully saturated rings. The lowest BCUT2D eigenvalue weighted by Gasteiger charge is -2.35. The maximum absolute atomic E-state index is 11.6. The zero-order valence-electron chi connectivity index (χ0n) is 18.1. The molecule has 1 atom stereocenters. The number of nitrogens with zero attached hydrogens (tertiary/aromatic N) is 4. The van der Waals surface area contributed by atoms with E-state index in [1.54, 1.807) is 18.4 Å². The second-order valence-corrected chi connectivity index (χ2v) is 11.0. The molecule has 0 bridgehead atoms. The zero-order valence-corrected chi connectivity index (χ0v) is 20.5. The van der Waals surface area contributed by atoms with Crippen molar-refractivity contribution in [2.45, 2.75) is 32.0 Å². The lowest BCUT2D eigenvalue weighted by Crippen LogP contribution is -2.47. The smallest absolute Gasteiger partial charge is 0.208 e. The van der Waals surface area contributed by atoms with E-state index < -0.39 is 10.0 Å². The van der Waals surface area contributed by atoms with Gasteiger partial charge in [-0.3, -0.25) is 9.47 Å². The van der Waals surface area contributed by atoms with Crippen LogP contribution in [0.5, 0.6) is 5.75 Å². The molecule has 2 aromatic heterocycles. The number of methoxy groups -OCH3 is 1. The van der Waals surface area contributed by atoms with Crippen LogP contribution in [0.25, 0.3) is 16.4 Å². The van der Waals surface area contributed by atoms with Crippen LogP contribution < -0.4 is 9.46 Å². The zero-order chi connectivity index (χ0) is 22.7. The van der Waals surface area contributed by atoms with Gasteiger partial charge >= 0.3 is 0 Å². The van der Waals surface area contributed by atoms with Gasteiger partial charge in [0.05, 0.1) is 30.6 Å². The fraction of sp³-hybridized carbons (Fsp3) is 0.429. The van der Waals surface area contributed by atoms with Crippen molar-refractivity contribution in [3.8, 4) is 22.1 Å². The van der Waals surface area contributed by atoms with Crippen LogP contribution in [0.2, 0.25) is 0 Å². The minimum Gasteiger partial charge on any atom is -0.495 e. The molecule has 8 nitrogen and oxygen atoms in total. The van der Waals surface area contributed by atoms with Crippen molar-refractivity contribution in [3.05, 3.63) is 46.5 Å². The van der Waals surface area contributed by atoms with Crippen molar-refractivity contribution in [2.24, 2.45) is 0 Å². The highest BCUT2D eigenvalue weighted by Crippen LogP contribution is 2.31. The van der Waals surface area contributed by atoms with Crippen LogP contribution in [-0.2, 0) is 16.7 Å². The minimum absolute atomic E-state index is 0.0991. The van der Waals surface area contributed by atoms with Gasteiger partial charge in [-0.05, 0) is 48.6 Å². The van der Waals surface area contributed by atoms with Crippen LogP contribution in [0, 0.1) is 4.77 Å². The molecule has 1 aliphatic heterocycles. The Morgan fingerprint density at radius 2 is 2.06 bits per heavy atom. The SMILES string of the molecule is COc1ccccc1-n1c(-c2cccs2)nn(CN2CCCC[C@H]2CNS(C)(=O)=O)c1=S. The van der Waals surface area contributed by atoms with E-state index in [0.717, 1.165) is 42.2 Å². The lowest BCUT2D eigenvalue weighted by molar-refractivity contribution is 0.106. The van der Waals surface area contributed by atoms with E-state index in [9.17, 15) is 8.42 Å². The van der Waals surface area contributed by atoms with Gasteiger partial charge in [0, 0.05) is 19.1 Å². The van der Waals surface area contributed by atoms with Crippen molar-refractivity contribution < 1.29 is 13.2 Å². The number of benzene rings is 1. The highest BCUT2D eigenvalue weighted by molar-refractivity contribution is 7.88. The van der Waals surface area contributed by atoms with Crippen molar-refractivity contribution in [2.75, 3.05) is 26.5 Å². The lowest BCUT2D eigenvalue weighted by atomic mass is 10.0. The predicted octanol–water partition coefficient (Wildman–Crippen LogP) is 3.50. The summed E-state index contributed by atoms with van der Waals surface area (Å²) >= 11 is 7.49. The van der Waals surface area contributed by atoms with Gasteiger partial charge in [-0.15, -0.1) is 16.4 Å². The molecular weight excluding hydrogens is 466 g/mol. The Balaban J connectivity index is 1.71. The molecule has 11 heteroatoms. The first-order chi connectivity index (χ1) is 15.4. The molecule has 4 rings (SSSR count). The number of hydrogen-bond acceptors (Lipinski definition) is 7. The number of ether oxygens (including phenoxy) is 1. The van der Waals surface area contributed by atoms with Gasteiger partial charge in [-0.2, -0.15) is 0 Å². The van der Waals surface area contributed by atoms with E-state index in [1.807, 2.05) is 51.0 Å². The molecule has 1 aliphatic rings. The van der Waals surface area contributed by atoms with Crippen LogP contribution in [0.15, 0.2) is 41.8 Å². The van der Waals surface area contributed by atoms with Crippen LogP contribution in [0.1, 0.15) is 19.3 Å². The average molecular weight is 494 g/mol. The van der Waals surface area contributed by atoms with Gasteiger partial charge in [-0.1, -0.05) is 24.6 Å². The summed E-state index contributed by atoms with van der Waals surface area (Å²) in [6.45, 7) is 1.75. The minimum atomic E-state index is -3.24. The van der Waals surface area contributed by atoms with Crippen LogP contribution in [-0.4, -0.2) is 60.2 Å². The first-order valence-corrected chi connectivity index (χ1v) is 13.6. The summed E-state index contributed by atoms with van der Waals surface area (Å²) in [6.07, 6.45) is 4.27. The quantitative estimate of drug-likeness (QED) is 0.484. The molecule has 0 aliphatic carbocycles. The maximum Gasteiger partial charge on any atom is 0.208 e. The predicted molar refractivity (Wildman–Crippen MR) is 129 cm³/mol. The van der Waals surface area contributed by atoms with Crippen molar-refractivity contribution in [1.82, 2.24) is 24.0 Å². The molecule has 0 unspecified atom stereocenters. The van der Waals surface area contributed by atoms with Crippen LogP contribution in [0.4, 0.5) is 0 Å². The number of hydrogen-bond donors (Lipinski definition) is 1. The number of para-hydroxylation sites is 2. The molecular formula is C21H27N5O3S3. The Morgan fingerprint density at radius 1 is 1.25 bits per heavy atom. The average Bonchev–Trinajstić information content (AvgIpc) is 3.41. The fourth-order valence-electron chi connectivity index (χ4n) is 3.99. The number of likely N-dealkylation sites (tertiary alicyclic amines) is 1. The molecule has 0 amide bonds. The summed E-state index contributed by atoms with van der Waals surface area (Å²) in [7, 11) is -1.60. The third-order valence-electron chi connectivity index (χ3n) is 5.55. The Hall–Kier alpha value is -2.05. The summed E-state index contributed by atoms with van der Waals surface area (Å²) < 4.78 is 35.8. The number of piperidine rings is 1. The first-order valence-electron chi connectivity index (χ1n) is 10.4. The maximum atomic E-state index is 11.6. The second-order valence-electron chi connectivity index (χ2n) is 7.81. The molecule has 1 N–H and O–H groups in total. The molecule has 0 radical (unpaired) electrons. The summed E-state index contributed by atoms with van der Waals surface area (Å²) in [5.41, 5.74) is 0.837. The van der Waals surface area contributed by atoms with E-state index in [0.29, 0.717) is 23.7 Å². The molecule has 3 heterocycles. The molecule has 172 valence electrons. The number of sulfonamides is 1. The van der Waals surface area contributed by atoms with E-state index >= 15 is 0 Å². The highest BCUT2D eigenvalue weighted by Gasteiger charge is 2.25.